The SMILES string of the molecule is CN(Cc1ccc2ccccc2c1)C(=O)C=Cc1ccc2c(c1)OCCCO2. The van der Waals surface area contributed by atoms with Crippen LogP contribution in [0, 0.1) is 0 Å². The lowest BCUT2D eigenvalue weighted by Gasteiger charge is -2.15. The summed E-state index contributed by atoms with van der Waals surface area (Å²) >= 11 is 0. The molecule has 4 heteroatoms. The molecular weight excluding hydrogens is 350 g/mol. The first kappa shape index (κ1) is 18.1. The fourth-order valence-corrected chi connectivity index (χ4v) is 3.27. The number of carbonyl (C=O) groups excluding carboxylic acids is 1. The van der Waals surface area contributed by atoms with Gasteiger partial charge in [0.05, 0.1) is 13.2 Å². The van der Waals surface area contributed by atoms with Crippen molar-refractivity contribution < 1.29 is 14.3 Å². The molecule has 3 aromatic carbocycles. The standard InChI is InChI=1S/C24H23NO3/c1-25(17-19-7-10-20-5-2-3-6-21(20)15-19)24(26)12-9-18-8-11-22-23(16-18)28-14-4-13-27-22/h2-3,5-12,15-16H,4,13-14,17H2,1H3. The Morgan fingerprint density at radius 1 is 0.964 bits per heavy atom. The van der Waals surface area contributed by atoms with Gasteiger partial charge in [-0.25, -0.2) is 0 Å². The van der Waals surface area contributed by atoms with E-state index in [0.717, 1.165) is 29.0 Å². The molecule has 1 amide bonds. The van der Waals surface area contributed by atoms with Gasteiger partial charge in [0.15, 0.2) is 11.5 Å². The number of fused-ring (bicyclic) bond motifs is 2. The van der Waals surface area contributed by atoms with Crippen molar-refractivity contribution in [2.45, 2.75) is 13.0 Å². The normalized spacial score (nSPS) is 13.5. The minimum Gasteiger partial charge on any atom is -0.490 e. The Labute approximate surface area is 165 Å². The zero-order valence-electron chi connectivity index (χ0n) is 15.9. The molecule has 0 aliphatic carbocycles. The fraction of sp³-hybridized carbons (Fsp3) is 0.208. The van der Waals surface area contributed by atoms with Gasteiger partial charge in [0.1, 0.15) is 0 Å². The van der Waals surface area contributed by atoms with Gasteiger partial charge in [-0.15, -0.1) is 0 Å². The van der Waals surface area contributed by atoms with Crippen molar-refractivity contribution in [3.63, 3.8) is 0 Å². The number of benzene rings is 3. The van der Waals surface area contributed by atoms with E-state index in [-0.39, 0.29) is 5.91 Å². The van der Waals surface area contributed by atoms with E-state index in [4.69, 9.17) is 9.47 Å². The van der Waals surface area contributed by atoms with Crippen LogP contribution >= 0.6 is 0 Å². The average molecular weight is 373 g/mol. The molecular formula is C24H23NO3. The molecule has 142 valence electrons. The lowest BCUT2D eigenvalue weighted by molar-refractivity contribution is -0.125. The minimum absolute atomic E-state index is 0.0414. The van der Waals surface area contributed by atoms with Gasteiger partial charge in [0.2, 0.25) is 5.91 Å². The second kappa shape index (κ2) is 8.17. The number of likely N-dealkylation sites (N-methyl/N-ethyl adjacent to an activating group) is 1. The first-order valence-corrected chi connectivity index (χ1v) is 9.49. The van der Waals surface area contributed by atoms with E-state index in [0.29, 0.717) is 19.8 Å². The van der Waals surface area contributed by atoms with Gasteiger partial charge in [-0.1, -0.05) is 42.5 Å². The van der Waals surface area contributed by atoms with E-state index in [1.165, 1.54) is 10.8 Å². The minimum atomic E-state index is -0.0414. The van der Waals surface area contributed by atoms with Crippen molar-refractivity contribution >= 4 is 22.8 Å². The summed E-state index contributed by atoms with van der Waals surface area (Å²) in [6.07, 6.45) is 4.28. The van der Waals surface area contributed by atoms with Crippen molar-refractivity contribution in [3.05, 3.63) is 77.9 Å². The van der Waals surface area contributed by atoms with Crippen LogP contribution < -0.4 is 9.47 Å². The van der Waals surface area contributed by atoms with Gasteiger partial charge >= 0.3 is 0 Å². The quantitative estimate of drug-likeness (QED) is 0.624. The van der Waals surface area contributed by atoms with Crippen molar-refractivity contribution in [1.29, 1.82) is 0 Å². The molecule has 0 unspecified atom stereocenters. The molecule has 0 saturated heterocycles. The molecule has 4 nitrogen and oxygen atoms in total. The summed E-state index contributed by atoms with van der Waals surface area (Å²) in [6, 6.07) is 20.3. The summed E-state index contributed by atoms with van der Waals surface area (Å²) in [5.74, 6) is 1.45. The number of ether oxygens (including phenoxy) is 2. The molecule has 0 spiro atoms. The maximum atomic E-state index is 12.5. The summed E-state index contributed by atoms with van der Waals surface area (Å²) in [4.78, 5) is 14.2. The lowest BCUT2D eigenvalue weighted by atomic mass is 10.1. The van der Waals surface area contributed by atoms with E-state index in [2.05, 4.69) is 30.3 Å². The van der Waals surface area contributed by atoms with Crippen LogP contribution in [0.15, 0.2) is 66.7 Å². The predicted octanol–water partition coefficient (Wildman–Crippen LogP) is 4.67. The van der Waals surface area contributed by atoms with E-state index in [9.17, 15) is 4.79 Å². The second-order valence-electron chi connectivity index (χ2n) is 6.97. The molecule has 1 aliphatic rings. The largest absolute Gasteiger partial charge is 0.490 e. The predicted molar refractivity (Wildman–Crippen MR) is 112 cm³/mol. The first-order valence-electron chi connectivity index (χ1n) is 9.49. The molecule has 1 heterocycles. The molecule has 0 aromatic heterocycles. The van der Waals surface area contributed by atoms with Crippen LogP contribution in [-0.4, -0.2) is 31.1 Å². The Balaban J connectivity index is 1.43. The smallest absolute Gasteiger partial charge is 0.246 e. The monoisotopic (exact) mass is 373 g/mol. The molecule has 4 rings (SSSR count). The van der Waals surface area contributed by atoms with Gasteiger partial charge in [0, 0.05) is 26.1 Å². The fourth-order valence-electron chi connectivity index (χ4n) is 3.27. The van der Waals surface area contributed by atoms with Crippen molar-refractivity contribution in [1.82, 2.24) is 4.90 Å². The molecule has 0 bridgehead atoms. The molecule has 0 atom stereocenters. The Kier molecular flexibility index (Phi) is 5.29. The number of carbonyl (C=O) groups is 1. The Morgan fingerprint density at radius 2 is 1.75 bits per heavy atom. The van der Waals surface area contributed by atoms with Crippen LogP contribution in [-0.2, 0) is 11.3 Å². The van der Waals surface area contributed by atoms with Crippen LogP contribution in [0.4, 0.5) is 0 Å². The van der Waals surface area contributed by atoms with Gasteiger partial charge < -0.3 is 14.4 Å². The van der Waals surface area contributed by atoms with Crippen molar-refractivity contribution in [2.24, 2.45) is 0 Å². The lowest BCUT2D eigenvalue weighted by Crippen LogP contribution is -2.24. The van der Waals surface area contributed by atoms with Crippen LogP contribution in [0.3, 0.4) is 0 Å². The molecule has 28 heavy (non-hydrogen) atoms. The van der Waals surface area contributed by atoms with Gasteiger partial charge in [0.25, 0.3) is 0 Å². The van der Waals surface area contributed by atoms with E-state index >= 15 is 0 Å². The highest BCUT2D eigenvalue weighted by atomic mass is 16.5. The first-order chi connectivity index (χ1) is 13.7. The van der Waals surface area contributed by atoms with Gasteiger partial charge in [-0.05, 0) is 46.2 Å². The zero-order valence-corrected chi connectivity index (χ0v) is 15.9. The zero-order chi connectivity index (χ0) is 19.3. The summed E-state index contributed by atoms with van der Waals surface area (Å²) in [7, 11) is 1.82. The molecule has 3 aromatic rings. The van der Waals surface area contributed by atoms with Crippen molar-refractivity contribution in [2.75, 3.05) is 20.3 Å². The van der Waals surface area contributed by atoms with Crippen LogP contribution in [0.1, 0.15) is 17.5 Å². The number of hydrogen-bond donors (Lipinski definition) is 0. The topological polar surface area (TPSA) is 38.8 Å². The van der Waals surface area contributed by atoms with Gasteiger partial charge in [-0.3, -0.25) is 4.79 Å². The third-order valence-corrected chi connectivity index (χ3v) is 4.80. The Hall–Kier alpha value is -3.27. The maximum absolute atomic E-state index is 12.5. The molecule has 1 aliphatic heterocycles. The number of hydrogen-bond acceptors (Lipinski definition) is 3. The molecule has 0 N–H and O–H groups in total. The van der Waals surface area contributed by atoms with Crippen LogP contribution in [0.5, 0.6) is 11.5 Å². The van der Waals surface area contributed by atoms with Crippen molar-refractivity contribution in [3.8, 4) is 11.5 Å². The molecule has 0 radical (unpaired) electrons. The summed E-state index contributed by atoms with van der Waals surface area (Å²) in [5.41, 5.74) is 2.02. The Bertz CT molecular complexity index is 1030. The van der Waals surface area contributed by atoms with Crippen LogP contribution in [0.2, 0.25) is 0 Å². The summed E-state index contributed by atoms with van der Waals surface area (Å²) in [5, 5.41) is 2.39. The Morgan fingerprint density at radius 3 is 2.61 bits per heavy atom. The van der Waals surface area contributed by atoms with Crippen LogP contribution in [0.25, 0.3) is 16.8 Å². The van der Waals surface area contributed by atoms with E-state index in [1.807, 2.05) is 43.5 Å². The third-order valence-electron chi connectivity index (χ3n) is 4.80. The summed E-state index contributed by atoms with van der Waals surface area (Å²) < 4.78 is 11.3. The maximum Gasteiger partial charge on any atom is 0.246 e. The van der Waals surface area contributed by atoms with Gasteiger partial charge in [-0.2, -0.15) is 0 Å². The number of rotatable bonds is 4. The highest BCUT2D eigenvalue weighted by molar-refractivity contribution is 5.91. The molecule has 0 fully saturated rings. The van der Waals surface area contributed by atoms with E-state index < -0.39 is 0 Å². The van der Waals surface area contributed by atoms with E-state index in [1.54, 1.807) is 11.0 Å². The highest BCUT2D eigenvalue weighted by Gasteiger charge is 2.10. The number of nitrogens with zero attached hydrogens (tertiary/aromatic N) is 1. The summed E-state index contributed by atoms with van der Waals surface area (Å²) in [6.45, 7) is 1.88. The molecule has 0 saturated carbocycles. The number of amides is 1. The average Bonchev–Trinajstić information content (AvgIpc) is 2.96. The highest BCUT2D eigenvalue weighted by Crippen LogP contribution is 2.30. The second-order valence-corrected chi connectivity index (χ2v) is 6.97. The third kappa shape index (κ3) is 4.17.